The number of halogens is 1. The van der Waals surface area contributed by atoms with E-state index in [9.17, 15) is 4.79 Å². The van der Waals surface area contributed by atoms with Crippen LogP contribution in [0, 0.1) is 0 Å². The first kappa shape index (κ1) is 23.4. The van der Waals surface area contributed by atoms with Gasteiger partial charge >= 0.3 is 6.03 Å². The highest BCUT2D eigenvalue weighted by Gasteiger charge is 2.16. The van der Waals surface area contributed by atoms with Crippen LogP contribution in [0.2, 0.25) is 5.02 Å². The minimum absolute atomic E-state index is 0.0117. The zero-order valence-corrected chi connectivity index (χ0v) is 19.1. The number of ether oxygens (including phenoxy) is 2. The van der Waals surface area contributed by atoms with E-state index in [1.54, 1.807) is 31.5 Å². The number of carbonyl (C=O) groups is 1. The standard InChI is InChI=1S/C24H27ClN4O3/c1-29(2)22(17-7-10-20(31-3)11-8-17)15-27-24(30)28-18-9-12-23(21(25)14-18)32-16-19-6-4-5-13-26-19/h4-14,22H,15-16H2,1-3H3,(H2,27,28,30). The van der Waals surface area contributed by atoms with Crippen molar-refractivity contribution in [1.82, 2.24) is 15.2 Å². The van der Waals surface area contributed by atoms with Crippen LogP contribution in [-0.2, 0) is 6.61 Å². The zero-order valence-electron chi connectivity index (χ0n) is 18.3. The summed E-state index contributed by atoms with van der Waals surface area (Å²) in [6.07, 6.45) is 1.71. The Balaban J connectivity index is 1.54. The van der Waals surface area contributed by atoms with Crippen molar-refractivity contribution < 1.29 is 14.3 Å². The Morgan fingerprint density at radius 2 is 1.91 bits per heavy atom. The topological polar surface area (TPSA) is 75.7 Å². The van der Waals surface area contributed by atoms with Crippen LogP contribution in [0.15, 0.2) is 66.9 Å². The Bertz CT molecular complexity index is 1010. The molecule has 2 amide bonds. The Morgan fingerprint density at radius 1 is 1.12 bits per heavy atom. The van der Waals surface area contributed by atoms with E-state index < -0.39 is 0 Å². The molecule has 1 aromatic heterocycles. The first-order valence-corrected chi connectivity index (χ1v) is 10.5. The molecule has 1 atom stereocenters. The van der Waals surface area contributed by atoms with Crippen LogP contribution in [0.1, 0.15) is 17.3 Å². The number of benzene rings is 2. The van der Waals surface area contributed by atoms with E-state index in [-0.39, 0.29) is 12.1 Å². The van der Waals surface area contributed by atoms with Gasteiger partial charge in [0.1, 0.15) is 18.1 Å². The molecule has 168 valence electrons. The van der Waals surface area contributed by atoms with Gasteiger partial charge in [-0.15, -0.1) is 0 Å². The van der Waals surface area contributed by atoms with Crippen LogP contribution in [0.25, 0.3) is 0 Å². The van der Waals surface area contributed by atoms with Crippen molar-refractivity contribution in [3.8, 4) is 11.5 Å². The average molecular weight is 455 g/mol. The summed E-state index contributed by atoms with van der Waals surface area (Å²) in [7, 11) is 5.58. The summed E-state index contributed by atoms with van der Waals surface area (Å²) in [6.45, 7) is 0.745. The third-order valence-corrected chi connectivity index (χ3v) is 5.17. The van der Waals surface area contributed by atoms with Gasteiger partial charge in [-0.05, 0) is 62.1 Å². The number of amides is 2. The summed E-state index contributed by atoms with van der Waals surface area (Å²) in [5.41, 5.74) is 2.45. The van der Waals surface area contributed by atoms with Crippen molar-refractivity contribution in [2.45, 2.75) is 12.6 Å². The molecule has 0 spiro atoms. The molecule has 0 aliphatic heterocycles. The Kier molecular flexibility index (Phi) is 8.30. The third kappa shape index (κ3) is 6.60. The quantitative estimate of drug-likeness (QED) is 0.488. The van der Waals surface area contributed by atoms with Crippen molar-refractivity contribution in [2.24, 2.45) is 0 Å². The van der Waals surface area contributed by atoms with Crippen LogP contribution >= 0.6 is 11.6 Å². The second kappa shape index (κ2) is 11.4. The number of urea groups is 1. The van der Waals surface area contributed by atoms with E-state index in [1.165, 1.54) is 0 Å². The number of aromatic nitrogens is 1. The number of nitrogens with zero attached hydrogens (tertiary/aromatic N) is 2. The van der Waals surface area contributed by atoms with Gasteiger partial charge < -0.3 is 25.0 Å². The minimum atomic E-state index is -0.316. The highest BCUT2D eigenvalue weighted by molar-refractivity contribution is 6.32. The van der Waals surface area contributed by atoms with Gasteiger partial charge in [-0.3, -0.25) is 4.98 Å². The molecule has 0 bridgehead atoms. The molecule has 0 saturated heterocycles. The zero-order chi connectivity index (χ0) is 22.9. The lowest BCUT2D eigenvalue weighted by atomic mass is 10.1. The van der Waals surface area contributed by atoms with Crippen molar-refractivity contribution in [1.29, 1.82) is 0 Å². The van der Waals surface area contributed by atoms with E-state index in [2.05, 4.69) is 15.6 Å². The number of hydrogen-bond donors (Lipinski definition) is 2. The summed E-state index contributed by atoms with van der Waals surface area (Å²) in [5.74, 6) is 1.32. The number of likely N-dealkylation sites (N-methyl/N-ethyl adjacent to an activating group) is 1. The first-order chi connectivity index (χ1) is 15.5. The molecule has 1 unspecified atom stereocenters. The van der Waals surface area contributed by atoms with Gasteiger partial charge in [0.05, 0.1) is 23.9 Å². The number of pyridine rings is 1. The first-order valence-electron chi connectivity index (χ1n) is 10.1. The molecule has 0 aliphatic carbocycles. The van der Waals surface area contributed by atoms with Crippen LogP contribution in [-0.4, -0.2) is 43.7 Å². The van der Waals surface area contributed by atoms with Gasteiger partial charge in [0.2, 0.25) is 0 Å². The largest absolute Gasteiger partial charge is 0.497 e. The van der Waals surface area contributed by atoms with Crippen LogP contribution in [0.4, 0.5) is 10.5 Å². The third-order valence-electron chi connectivity index (χ3n) is 4.87. The Morgan fingerprint density at radius 3 is 2.53 bits per heavy atom. The summed E-state index contributed by atoms with van der Waals surface area (Å²) in [5, 5.41) is 6.13. The second-order valence-electron chi connectivity index (χ2n) is 7.34. The molecule has 2 aromatic carbocycles. The molecule has 1 heterocycles. The van der Waals surface area contributed by atoms with Crippen molar-refractivity contribution in [3.05, 3.63) is 83.1 Å². The molecule has 8 heteroatoms. The molecule has 0 radical (unpaired) electrons. The van der Waals surface area contributed by atoms with Gasteiger partial charge in [0.25, 0.3) is 0 Å². The predicted molar refractivity (Wildman–Crippen MR) is 126 cm³/mol. The smallest absolute Gasteiger partial charge is 0.319 e. The lowest BCUT2D eigenvalue weighted by Crippen LogP contribution is -2.36. The van der Waals surface area contributed by atoms with E-state index in [0.717, 1.165) is 17.0 Å². The van der Waals surface area contributed by atoms with Gasteiger partial charge in [-0.1, -0.05) is 29.8 Å². The summed E-state index contributed by atoms with van der Waals surface area (Å²) in [4.78, 5) is 18.7. The fourth-order valence-corrected chi connectivity index (χ4v) is 3.36. The Labute approximate surface area is 193 Å². The SMILES string of the molecule is COc1ccc(C(CNC(=O)Nc2ccc(OCc3ccccn3)c(Cl)c2)N(C)C)cc1. The monoisotopic (exact) mass is 454 g/mol. The van der Waals surface area contributed by atoms with E-state index in [1.807, 2.05) is 61.5 Å². The molecule has 7 nitrogen and oxygen atoms in total. The van der Waals surface area contributed by atoms with Crippen LogP contribution < -0.4 is 20.1 Å². The maximum Gasteiger partial charge on any atom is 0.319 e. The lowest BCUT2D eigenvalue weighted by molar-refractivity contribution is 0.243. The maximum atomic E-state index is 12.4. The molecule has 0 aliphatic rings. The molecule has 32 heavy (non-hydrogen) atoms. The fraction of sp³-hybridized carbons (Fsp3) is 0.250. The molecule has 0 fully saturated rings. The Hall–Kier alpha value is -3.29. The van der Waals surface area contributed by atoms with Gasteiger partial charge in [-0.2, -0.15) is 0 Å². The average Bonchev–Trinajstić information content (AvgIpc) is 2.79. The highest BCUT2D eigenvalue weighted by atomic mass is 35.5. The van der Waals surface area contributed by atoms with E-state index in [0.29, 0.717) is 29.6 Å². The summed E-state index contributed by atoms with van der Waals surface area (Å²) in [6, 6.07) is 18.2. The number of rotatable bonds is 9. The highest BCUT2D eigenvalue weighted by Crippen LogP contribution is 2.28. The number of carbonyl (C=O) groups excluding carboxylic acids is 1. The van der Waals surface area contributed by atoms with Crippen molar-refractivity contribution in [2.75, 3.05) is 33.1 Å². The number of hydrogen-bond acceptors (Lipinski definition) is 5. The second-order valence-corrected chi connectivity index (χ2v) is 7.75. The molecule has 0 saturated carbocycles. The molecule has 3 rings (SSSR count). The van der Waals surface area contributed by atoms with Crippen LogP contribution in [0.3, 0.4) is 0 Å². The normalized spacial score (nSPS) is 11.7. The molecular formula is C24H27ClN4O3. The molecule has 2 N–H and O–H groups in total. The fourth-order valence-electron chi connectivity index (χ4n) is 3.12. The summed E-state index contributed by atoms with van der Waals surface area (Å²) < 4.78 is 10.9. The predicted octanol–water partition coefficient (Wildman–Crippen LogP) is 4.75. The van der Waals surface area contributed by atoms with Crippen molar-refractivity contribution >= 4 is 23.3 Å². The van der Waals surface area contributed by atoms with E-state index >= 15 is 0 Å². The van der Waals surface area contributed by atoms with Crippen LogP contribution in [0.5, 0.6) is 11.5 Å². The van der Waals surface area contributed by atoms with Crippen molar-refractivity contribution in [3.63, 3.8) is 0 Å². The number of methoxy groups -OCH3 is 1. The van der Waals surface area contributed by atoms with E-state index in [4.69, 9.17) is 21.1 Å². The number of anilines is 1. The number of nitrogens with one attached hydrogen (secondary N) is 2. The van der Waals surface area contributed by atoms with Gasteiger partial charge in [0, 0.05) is 18.4 Å². The molecule has 3 aromatic rings. The van der Waals surface area contributed by atoms with Gasteiger partial charge in [0.15, 0.2) is 0 Å². The molecular weight excluding hydrogens is 428 g/mol. The van der Waals surface area contributed by atoms with Gasteiger partial charge in [-0.25, -0.2) is 4.79 Å². The lowest BCUT2D eigenvalue weighted by Gasteiger charge is -2.25. The maximum absolute atomic E-state index is 12.4. The minimum Gasteiger partial charge on any atom is -0.497 e. The summed E-state index contributed by atoms with van der Waals surface area (Å²) >= 11 is 6.32.